The minimum Gasteiger partial charge on any atom is -0.549 e. The molecule has 2 aliphatic heterocycles. The summed E-state index contributed by atoms with van der Waals surface area (Å²) in [6.07, 6.45) is 5.10. The Kier molecular flexibility index (Phi) is 4.68. The van der Waals surface area contributed by atoms with Crippen LogP contribution in [-0.4, -0.2) is 50.5 Å². The van der Waals surface area contributed by atoms with Gasteiger partial charge in [-0.05, 0) is 38.4 Å². The zero-order chi connectivity index (χ0) is 8.60. The molecule has 2 saturated heterocycles. The Bertz CT molecular complexity index is 172. The summed E-state index contributed by atoms with van der Waals surface area (Å²) in [5, 5.41) is 0. The van der Waals surface area contributed by atoms with Crippen LogP contribution in [0.15, 0.2) is 0 Å². The second kappa shape index (κ2) is 4.84. The van der Waals surface area contributed by atoms with Gasteiger partial charge in [-0.1, -0.05) is 0 Å². The maximum atomic E-state index is 5.58. The van der Waals surface area contributed by atoms with Gasteiger partial charge < -0.3 is 9.64 Å². The molecule has 0 amide bonds. The Balaban J connectivity index is 0.000000845. The first-order chi connectivity index (χ1) is 5.70. The third-order valence-electron chi connectivity index (χ3n) is 3.30. The van der Waals surface area contributed by atoms with Gasteiger partial charge in [0.05, 0.1) is 0 Å². The van der Waals surface area contributed by atoms with Crippen LogP contribution in [-0.2, 0) is 4.74 Å². The number of nitrogens with zero attached hydrogens (tertiary/aromatic N) is 1. The predicted molar refractivity (Wildman–Crippen MR) is 54.4 cm³/mol. The first-order valence-electron chi connectivity index (χ1n) is 4.84. The quantitative estimate of drug-likeness (QED) is 0.419. The summed E-state index contributed by atoms with van der Waals surface area (Å²) in [5.41, 5.74) is 0.524. The van der Waals surface area contributed by atoms with E-state index in [4.69, 9.17) is 4.74 Å². The monoisotopic (exact) mass is 437 g/mol. The van der Waals surface area contributed by atoms with Crippen molar-refractivity contribution in [2.45, 2.75) is 26.2 Å². The van der Waals surface area contributed by atoms with Crippen molar-refractivity contribution in [1.29, 1.82) is 0 Å². The molecule has 2 aliphatic rings. The molecule has 4 heteroatoms. The normalized spacial score (nSPS) is 27.0. The Hall–Kier alpha value is -0.483. The Labute approximate surface area is 93.2 Å². The summed E-state index contributed by atoms with van der Waals surface area (Å²) in [6, 6.07) is 0. The Morgan fingerprint density at radius 2 is 1.86 bits per heavy atom. The zero-order valence-corrected chi connectivity index (χ0v) is 11.5. The van der Waals surface area contributed by atoms with Crippen molar-refractivity contribution in [3.63, 3.8) is 0 Å². The third kappa shape index (κ3) is 2.51. The van der Waals surface area contributed by atoms with E-state index in [2.05, 4.69) is 18.9 Å². The molecule has 0 aromatic rings. The molecule has 0 atom stereocenters. The predicted octanol–water partition coefficient (Wildman–Crippen LogP) is 1.29. The molecule has 1 spiro atoms. The summed E-state index contributed by atoms with van der Waals surface area (Å²) in [4.78, 5) is 2.42. The number of hydrogen-bond acceptors (Lipinski definition) is 2. The van der Waals surface area contributed by atoms with Crippen LogP contribution in [0.3, 0.4) is 0 Å². The van der Waals surface area contributed by atoms with Gasteiger partial charge in [0.25, 0.3) is 0 Å². The van der Waals surface area contributed by atoms with E-state index >= 15 is 0 Å². The SMILES string of the molecule is C[C-]1CC2(CCN(C)CC2)CO1.[Li].[Lr]. The van der Waals surface area contributed by atoms with Gasteiger partial charge in [0, 0.05) is 25.5 Å². The van der Waals surface area contributed by atoms with Crippen molar-refractivity contribution in [1.82, 2.24) is 4.90 Å². The summed E-state index contributed by atoms with van der Waals surface area (Å²) >= 11 is 0. The molecule has 0 saturated carbocycles. The van der Waals surface area contributed by atoms with Crippen molar-refractivity contribution in [3.8, 4) is 0 Å². The molecule has 0 bridgehead atoms. The van der Waals surface area contributed by atoms with Crippen LogP contribution < -0.4 is 0 Å². The van der Waals surface area contributed by atoms with Gasteiger partial charge in [-0.2, -0.15) is 13.0 Å². The maximum absolute atomic E-state index is 5.58. The van der Waals surface area contributed by atoms with Gasteiger partial charge in [-0.15, -0.1) is 6.42 Å². The van der Waals surface area contributed by atoms with Gasteiger partial charge in [0.1, 0.15) is 0 Å². The fourth-order valence-corrected chi connectivity index (χ4v) is 2.32. The van der Waals surface area contributed by atoms with Gasteiger partial charge in [0.15, 0.2) is 0 Å². The molecule has 2 radical (unpaired) electrons. The molecule has 0 N–H and O–H groups in total. The van der Waals surface area contributed by atoms with E-state index in [-0.39, 0.29) is 18.9 Å². The van der Waals surface area contributed by atoms with Crippen LogP contribution in [0.1, 0.15) is 26.2 Å². The molecule has 2 nitrogen and oxygen atoms in total. The minimum absolute atomic E-state index is 0. The summed E-state index contributed by atoms with van der Waals surface area (Å²) < 4.78 is 5.58. The number of ether oxygens (including phenoxy) is 1. The van der Waals surface area contributed by atoms with E-state index in [1.165, 1.54) is 38.5 Å². The zero-order valence-electron chi connectivity index (χ0n) is 9.36. The van der Waals surface area contributed by atoms with Crippen LogP contribution in [0, 0.1) is 11.5 Å². The van der Waals surface area contributed by atoms with Crippen LogP contribution >= 0.6 is 0 Å². The number of likely N-dealkylation sites (tertiary alicyclic amines) is 1. The molecular formula is C10H18LiLrNO-. The molecule has 0 aliphatic carbocycles. The number of hydrogen-bond donors (Lipinski definition) is 0. The van der Waals surface area contributed by atoms with Crippen molar-refractivity contribution < 1.29 is 4.74 Å². The molecule has 0 aromatic carbocycles. The average molecular weight is 437 g/mol. The van der Waals surface area contributed by atoms with Crippen molar-refractivity contribution >= 4 is 18.9 Å². The summed E-state index contributed by atoms with van der Waals surface area (Å²) in [6.45, 7) is 5.59. The second-order valence-corrected chi connectivity index (χ2v) is 4.47. The summed E-state index contributed by atoms with van der Waals surface area (Å²) in [5.74, 6) is 0. The summed E-state index contributed by atoms with van der Waals surface area (Å²) in [7, 11) is 2.21. The van der Waals surface area contributed by atoms with Gasteiger partial charge in [-0.3, -0.25) is 0 Å². The maximum Gasteiger partial charge on any atom is 0.0149 e. The third-order valence-corrected chi connectivity index (χ3v) is 3.30. The van der Waals surface area contributed by atoms with E-state index in [0.717, 1.165) is 6.61 Å². The van der Waals surface area contributed by atoms with Crippen LogP contribution in [0.5, 0.6) is 0 Å². The molecule has 2 fully saturated rings. The smallest absolute Gasteiger partial charge is 0.0149 e. The van der Waals surface area contributed by atoms with E-state index in [1.54, 1.807) is 0 Å². The van der Waals surface area contributed by atoms with E-state index < -0.39 is 0 Å². The molecule has 86 valence electrons. The van der Waals surface area contributed by atoms with Crippen LogP contribution in [0.4, 0.5) is 0 Å². The number of rotatable bonds is 0. The van der Waals surface area contributed by atoms with Gasteiger partial charge in [0.2, 0.25) is 0 Å². The number of piperidine rings is 1. The fourth-order valence-electron chi connectivity index (χ4n) is 2.32. The minimum atomic E-state index is 0. The first kappa shape index (κ1) is 13.5. The van der Waals surface area contributed by atoms with E-state index in [9.17, 15) is 0 Å². The molecule has 14 heavy (non-hydrogen) atoms. The first-order valence-corrected chi connectivity index (χ1v) is 4.84. The average Bonchev–Trinajstić information content (AvgIpc) is 2.40. The molecule has 0 aromatic heterocycles. The van der Waals surface area contributed by atoms with Gasteiger partial charge >= 0.3 is 0 Å². The molecular weight excluding hydrogens is 419 g/mol. The Morgan fingerprint density at radius 1 is 1.29 bits per heavy atom. The van der Waals surface area contributed by atoms with Crippen molar-refractivity contribution in [2.24, 2.45) is 5.41 Å². The van der Waals surface area contributed by atoms with Gasteiger partial charge in [-0.25, -0.2) is 0 Å². The molecule has 2 rings (SSSR count). The Morgan fingerprint density at radius 3 is 2.29 bits per heavy atom. The molecule has 0 unspecified atom stereocenters. The van der Waals surface area contributed by atoms with Crippen LogP contribution in [0.25, 0.3) is 0 Å². The topological polar surface area (TPSA) is 12.5 Å². The second-order valence-electron chi connectivity index (χ2n) is 4.47. The van der Waals surface area contributed by atoms with E-state index in [0.29, 0.717) is 5.41 Å². The van der Waals surface area contributed by atoms with Crippen molar-refractivity contribution in [3.05, 3.63) is 6.10 Å². The molecule has 2 heterocycles. The fraction of sp³-hybridized carbons (Fsp3) is 0.900. The largest absolute Gasteiger partial charge is 0.549 e. The van der Waals surface area contributed by atoms with Crippen molar-refractivity contribution in [2.75, 3.05) is 26.7 Å². The van der Waals surface area contributed by atoms with Crippen LogP contribution in [0.2, 0.25) is 0 Å². The van der Waals surface area contributed by atoms with E-state index in [1.807, 2.05) is 0 Å². The standard InChI is InChI=1S/C10H18NO.Li.Lr/c1-9-7-10(8-12-9)3-5-11(2)6-4-10;;/h3-8H2,1-2H3;;/q-1;;.